The second-order valence-electron chi connectivity index (χ2n) is 7.20. The van der Waals surface area contributed by atoms with Gasteiger partial charge in [0.1, 0.15) is 5.76 Å². The Morgan fingerprint density at radius 3 is 2.34 bits per heavy atom. The van der Waals surface area contributed by atoms with Crippen LogP contribution in [-0.2, 0) is 9.59 Å². The first-order valence-electron chi connectivity index (χ1n) is 10.3. The molecule has 2 rings (SSSR count). The van der Waals surface area contributed by atoms with Crippen molar-refractivity contribution in [2.75, 3.05) is 6.67 Å². The number of hydrogen-bond donors (Lipinski definition) is 5. The van der Waals surface area contributed by atoms with E-state index in [4.69, 9.17) is 14.7 Å². The lowest BCUT2D eigenvalue weighted by Gasteiger charge is -2.16. The van der Waals surface area contributed by atoms with Gasteiger partial charge in [-0.3, -0.25) is 19.6 Å². The third-order valence-corrected chi connectivity index (χ3v) is 4.84. The van der Waals surface area contributed by atoms with Gasteiger partial charge < -0.3 is 20.2 Å². The zero-order valence-electron chi connectivity index (χ0n) is 17.7. The standard InChI is InChI=1S/C22H27N3O7/c1-2-3-4-5-16(12-19(26)25-31)20(27)23-13-24-21(28)18-11-10-17(32-18)14-6-8-15(9-7-14)22(29)30/h6-11,16,31H,2-5,12-13H2,1H3,(H,23,27)(H,24,28)(H,25,26)(H,29,30)/t16-/m1/s1. The molecule has 5 N–H and O–H groups in total. The molecule has 3 amide bonds. The van der Waals surface area contributed by atoms with Gasteiger partial charge in [-0.05, 0) is 30.7 Å². The molecule has 1 heterocycles. The molecule has 0 aliphatic carbocycles. The van der Waals surface area contributed by atoms with Crippen LogP contribution in [0, 0.1) is 5.92 Å². The molecule has 0 bridgehead atoms. The monoisotopic (exact) mass is 445 g/mol. The van der Waals surface area contributed by atoms with Gasteiger partial charge in [-0.25, -0.2) is 10.3 Å². The van der Waals surface area contributed by atoms with E-state index in [1.54, 1.807) is 18.2 Å². The number of nitrogens with one attached hydrogen (secondary N) is 3. The van der Waals surface area contributed by atoms with Crippen molar-refractivity contribution in [2.45, 2.75) is 39.0 Å². The van der Waals surface area contributed by atoms with Crippen molar-refractivity contribution in [1.29, 1.82) is 0 Å². The minimum atomic E-state index is -1.04. The van der Waals surface area contributed by atoms with Gasteiger partial charge in [-0.15, -0.1) is 0 Å². The van der Waals surface area contributed by atoms with Crippen LogP contribution in [0.1, 0.15) is 59.9 Å². The molecular formula is C22H27N3O7. The van der Waals surface area contributed by atoms with Crippen LogP contribution in [0.2, 0.25) is 0 Å². The highest BCUT2D eigenvalue weighted by atomic mass is 16.5. The van der Waals surface area contributed by atoms with E-state index in [9.17, 15) is 19.2 Å². The molecule has 32 heavy (non-hydrogen) atoms. The molecule has 10 heteroatoms. The summed E-state index contributed by atoms with van der Waals surface area (Å²) in [4.78, 5) is 47.0. The number of carbonyl (C=O) groups is 4. The summed E-state index contributed by atoms with van der Waals surface area (Å²) in [6.07, 6.45) is 2.99. The van der Waals surface area contributed by atoms with E-state index in [2.05, 4.69) is 10.6 Å². The van der Waals surface area contributed by atoms with Gasteiger partial charge in [0.15, 0.2) is 5.76 Å². The van der Waals surface area contributed by atoms with Gasteiger partial charge >= 0.3 is 5.97 Å². The number of carbonyl (C=O) groups excluding carboxylic acids is 3. The molecule has 0 aliphatic heterocycles. The SMILES string of the molecule is CCCCC[C@H](CC(=O)NO)C(=O)NCNC(=O)c1ccc(-c2ccc(C(=O)O)cc2)o1. The van der Waals surface area contributed by atoms with Crippen molar-refractivity contribution < 1.29 is 33.9 Å². The first-order chi connectivity index (χ1) is 15.3. The Bertz CT molecular complexity index is 937. The summed E-state index contributed by atoms with van der Waals surface area (Å²) in [5.41, 5.74) is 2.28. The Morgan fingerprint density at radius 2 is 1.72 bits per heavy atom. The fraction of sp³-hybridized carbons (Fsp3) is 0.364. The highest BCUT2D eigenvalue weighted by molar-refractivity contribution is 5.92. The molecule has 172 valence electrons. The van der Waals surface area contributed by atoms with Crippen LogP contribution < -0.4 is 16.1 Å². The predicted octanol–water partition coefficient (Wildman–Crippen LogP) is 2.54. The lowest BCUT2D eigenvalue weighted by molar-refractivity contribution is -0.135. The largest absolute Gasteiger partial charge is 0.478 e. The molecule has 10 nitrogen and oxygen atoms in total. The number of furan rings is 1. The molecule has 0 spiro atoms. The zero-order valence-corrected chi connectivity index (χ0v) is 17.7. The lowest BCUT2D eigenvalue weighted by Crippen LogP contribution is -2.41. The summed E-state index contributed by atoms with van der Waals surface area (Å²) in [7, 11) is 0. The number of hydrogen-bond acceptors (Lipinski definition) is 6. The molecule has 0 unspecified atom stereocenters. The van der Waals surface area contributed by atoms with Crippen molar-refractivity contribution in [3.05, 3.63) is 47.7 Å². The highest BCUT2D eigenvalue weighted by Gasteiger charge is 2.21. The third-order valence-electron chi connectivity index (χ3n) is 4.84. The summed E-state index contributed by atoms with van der Waals surface area (Å²) in [5, 5.41) is 22.7. The fourth-order valence-corrected chi connectivity index (χ4v) is 3.07. The maximum absolute atomic E-state index is 12.4. The van der Waals surface area contributed by atoms with Gasteiger partial charge in [0.2, 0.25) is 11.8 Å². The summed E-state index contributed by atoms with van der Waals surface area (Å²) in [6, 6.07) is 9.07. The first-order valence-corrected chi connectivity index (χ1v) is 10.3. The molecule has 0 fully saturated rings. The van der Waals surface area contributed by atoms with Gasteiger partial charge in [0.25, 0.3) is 5.91 Å². The third kappa shape index (κ3) is 7.24. The molecular weight excluding hydrogens is 418 g/mol. The average Bonchev–Trinajstić information content (AvgIpc) is 3.28. The number of unbranched alkanes of at least 4 members (excludes halogenated alkanes) is 2. The van der Waals surface area contributed by atoms with E-state index in [0.717, 1.165) is 19.3 Å². The second-order valence-corrected chi connectivity index (χ2v) is 7.20. The Labute approximate surface area is 185 Å². The average molecular weight is 445 g/mol. The number of amides is 3. The molecule has 0 saturated heterocycles. The van der Waals surface area contributed by atoms with Gasteiger partial charge in [-0.1, -0.05) is 38.3 Å². The zero-order chi connectivity index (χ0) is 23.5. The highest BCUT2D eigenvalue weighted by Crippen LogP contribution is 2.22. The van der Waals surface area contributed by atoms with Crippen LogP contribution in [0.5, 0.6) is 0 Å². The Morgan fingerprint density at radius 1 is 1.00 bits per heavy atom. The summed E-state index contributed by atoms with van der Waals surface area (Å²) in [6.45, 7) is 1.86. The Hall–Kier alpha value is -3.66. The maximum Gasteiger partial charge on any atom is 0.335 e. The first kappa shape index (κ1) is 24.6. The smallest absolute Gasteiger partial charge is 0.335 e. The van der Waals surface area contributed by atoms with Crippen LogP contribution >= 0.6 is 0 Å². The van der Waals surface area contributed by atoms with Gasteiger partial charge in [-0.2, -0.15) is 0 Å². The number of rotatable bonds is 12. The summed E-state index contributed by atoms with van der Waals surface area (Å²) >= 11 is 0. The molecule has 0 aliphatic rings. The van der Waals surface area contributed by atoms with Crippen LogP contribution in [0.3, 0.4) is 0 Å². The van der Waals surface area contributed by atoms with E-state index in [1.165, 1.54) is 23.7 Å². The van der Waals surface area contributed by atoms with E-state index in [-0.39, 0.29) is 24.4 Å². The van der Waals surface area contributed by atoms with E-state index < -0.39 is 29.6 Å². The lowest BCUT2D eigenvalue weighted by atomic mass is 9.96. The van der Waals surface area contributed by atoms with E-state index in [1.807, 2.05) is 6.92 Å². The van der Waals surface area contributed by atoms with Crippen LogP contribution in [0.4, 0.5) is 0 Å². The van der Waals surface area contributed by atoms with Crippen molar-refractivity contribution in [2.24, 2.45) is 5.92 Å². The number of aromatic carboxylic acids is 1. The van der Waals surface area contributed by atoms with Crippen LogP contribution in [0.25, 0.3) is 11.3 Å². The minimum absolute atomic E-state index is 0.0238. The van der Waals surface area contributed by atoms with Crippen molar-refractivity contribution in [3.63, 3.8) is 0 Å². The number of carboxylic acid groups (broad SMARTS) is 1. The molecule has 0 radical (unpaired) electrons. The summed E-state index contributed by atoms with van der Waals surface area (Å²) in [5.74, 6) is -2.83. The topological polar surface area (TPSA) is 158 Å². The number of hydroxylamine groups is 1. The van der Waals surface area contributed by atoms with Crippen molar-refractivity contribution in [1.82, 2.24) is 16.1 Å². The molecule has 2 aromatic rings. The van der Waals surface area contributed by atoms with Gasteiger partial charge in [0, 0.05) is 17.9 Å². The Balaban J connectivity index is 1.89. The second kappa shape index (κ2) is 12.3. The van der Waals surface area contributed by atoms with E-state index >= 15 is 0 Å². The maximum atomic E-state index is 12.4. The molecule has 0 saturated carbocycles. The van der Waals surface area contributed by atoms with Gasteiger partial charge in [0.05, 0.1) is 12.2 Å². The quantitative estimate of drug-likeness (QED) is 0.145. The Kier molecular flexibility index (Phi) is 9.43. The summed E-state index contributed by atoms with van der Waals surface area (Å²) < 4.78 is 5.52. The fourth-order valence-electron chi connectivity index (χ4n) is 3.07. The van der Waals surface area contributed by atoms with Crippen LogP contribution in [0.15, 0.2) is 40.8 Å². The number of carboxylic acids is 1. The van der Waals surface area contributed by atoms with Crippen LogP contribution in [-0.4, -0.2) is 40.7 Å². The molecule has 1 atom stereocenters. The minimum Gasteiger partial charge on any atom is -0.478 e. The molecule has 1 aromatic heterocycles. The number of benzene rings is 1. The normalized spacial score (nSPS) is 11.4. The molecule has 1 aromatic carbocycles. The van der Waals surface area contributed by atoms with Crippen molar-refractivity contribution >= 4 is 23.7 Å². The van der Waals surface area contributed by atoms with Crippen molar-refractivity contribution in [3.8, 4) is 11.3 Å². The van der Waals surface area contributed by atoms with E-state index in [0.29, 0.717) is 17.7 Å². The predicted molar refractivity (Wildman–Crippen MR) is 114 cm³/mol.